The SMILES string of the molecule is CCC(CC)COc1cc(N)ccc1C(=O)OC. The molecular formula is C14H21NO3. The molecule has 0 fully saturated rings. The van der Waals surface area contributed by atoms with Crippen molar-refractivity contribution in [3.05, 3.63) is 23.8 Å². The zero-order valence-electron chi connectivity index (χ0n) is 11.2. The Morgan fingerprint density at radius 2 is 2.00 bits per heavy atom. The molecule has 0 aromatic heterocycles. The van der Waals surface area contributed by atoms with E-state index in [1.54, 1.807) is 18.2 Å². The van der Waals surface area contributed by atoms with Crippen molar-refractivity contribution in [2.75, 3.05) is 19.5 Å². The molecule has 0 aliphatic heterocycles. The maximum atomic E-state index is 11.6. The molecule has 0 atom stereocenters. The fraction of sp³-hybridized carbons (Fsp3) is 0.500. The van der Waals surface area contributed by atoms with Crippen LogP contribution in [0.1, 0.15) is 37.0 Å². The van der Waals surface area contributed by atoms with Gasteiger partial charge in [0, 0.05) is 11.8 Å². The van der Waals surface area contributed by atoms with Crippen LogP contribution >= 0.6 is 0 Å². The second-order valence-electron chi connectivity index (χ2n) is 4.24. The quantitative estimate of drug-likeness (QED) is 0.623. The average molecular weight is 251 g/mol. The first-order chi connectivity index (χ1) is 8.62. The third-order valence-electron chi connectivity index (χ3n) is 3.04. The summed E-state index contributed by atoms with van der Waals surface area (Å²) in [6, 6.07) is 4.95. The summed E-state index contributed by atoms with van der Waals surface area (Å²) in [5, 5.41) is 0. The Morgan fingerprint density at radius 3 is 2.56 bits per heavy atom. The Balaban J connectivity index is 2.85. The maximum Gasteiger partial charge on any atom is 0.341 e. The van der Waals surface area contributed by atoms with Crippen LogP contribution in [-0.4, -0.2) is 19.7 Å². The lowest BCUT2D eigenvalue weighted by atomic mass is 10.1. The number of nitrogens with two attached hydrogens (primary N) is 1. The van der Waals surface area contributed by atoms with E-state index >= 15 is 0 Å². The van der Waals surface area contributed by atoms with Crippen LogP contribution in [0.15, 0.2) is 18.2 Å². The molecule has 0 saturated carbocycles. The van der Waals surface area contributed by atoms with Gasteiger partial charge in [-0.2, -0.15) is 0 Å². The molecule has 0 aliphatic rings. The molecule has 4 heteroatoms. The predicted octanol–water partition coefficient (Wildman–Crippen LogP) is 2.87. The minimum absolute atomic E-state index is 0.408. The number of anilines is 1. The van der Waals surface area contributed by atoms with Crippen LogP contribution in [-0.2, 0) is 4.74 Å². The van der Waals surface area contributed by atoms with Gasteiger partial charge in [-0.05, 0) is 18.1 Å². The average Bonchev–Trinajstić information content (AvgIpc) is 2.39. The van der Waals surface area contributed by atoms with Crippen molar-refractivity contribution in [2.45, 2.75) is 26.7 Å². The van der Waals surface area contributed by atoms with Crippen LogP contribution in [0.25, 0.3) is 0 Å². The molecule has 0 aliphatic carbocycles. The van der Waals surface area contributed by atoms with Crippen molar-refractivity contribution in [2.24, 2.45) is 5.92 Å². The summed E-state index contributed by atoms with van der Waals surface area (Å²) in [6.45, 7) is 4.83. The highest BCUT2D eigenvalue weighted by Crippen LogP contribution is 2.24. The number of hydrogen-bond acceptors (Lipinski definition) is 4. The molecule has 0 unspecified atom stereocenters. The van der Waals surface area contributed by atoms with Gasteiger partial charge in [-0.15, -0.1) is 0 Å². The third-order valence-corrected chi connectivity index (χ3v) is 3.04. The summed E-state index contributed by atoms with van der Waals surface area (Å²) < 4.78 is 10.4. The zero-order chi connectivity index (χ0) is 13.5. The summed E-state index contributed by atoms with van der Waals surface area (Å²) in [6.07, 6.45) is 2.10. The molecule has 2 N–H and O–H groups in total. The van der Waals surface area contributed by atoms with Crippen LogP contribution in [0, 0.1) is 5.92 Å². The van der Waals surface area contributed by atoms with E-state index in [4.69, 9.17) is 15.2 Å². The van der Waals surface area contributed by atoms with Crippen molar-refractivity contribution in [3.8, 4) is 5.75 Å². The first-order valence-corrected chi connectivity index (χ1v) is 6.22. The first kappa shape index (κ1) is 14.4. The molecule has 1 rings (SSSR count). The number of esters is 1. The summed E-state index contributed by atoms with van der Waals surface area (Å²) in [4.78, 5) is 11.6. The molecule has 1 aromatic rings. The van der Waals surface area contributed by atoms with Gasteiger partial charge in [-0.25, -0.2) is 4.79 Å². The first-order valence-electron chi connectivity index (χ1n) is 6.22. The van der Waals surface area contributed by atoms with Gasteiger partial charge in [0.2, 0.25) is 0 Å². The Morgan fingerprint density at radius 1 is 1.33 bits per heavy atom. The van der Waals surface area contributed by atoms with E-state index in [1.807, 2.05) is 0 Å². The molecule has 0 bridgehead atoms. The predicted molar refractivity (Wildman–Crippen MR) is 71.8 cm³/mol. The fourth-order valence-electron chi connectivity index (χ4n) is 1.67. The van der Waals surface area contributed by atoms with Gasteiger partial charge >= 0.3 is 5.97 Å². The minimum Gasteiger partial charge on any atom is -0.492 e. The monoisotopic (exact) mass is 251 g/mol. The van der Waals surface area contributed by atoms with Crippen LogP contribution in [0.5, 0.6) is 5.75 Å². The Bertz CT molecular complexity index is 400. The number of rotatable bonds is 6. The second-order valence-corrected chi connectivity index (χ2v) is 4.24. The topological polar surface area (TPSA) is 61.5 Å². The summed E-state index contributed by atoms with van der Waals surface area (Å²) in [5.74, 6) is 0.570. The van der Waals surface area contributed by atoms with Crippen molar-refractivity contribution in [3.63, 3.8) is 0 Å². The summed E-state index contributed by atoms with van der Waals surface area (Å²) in [7, 11) is 1.35. The van der Waals surface area contributed by atoms with E-state index in [-0.39, 0.29) is 0 Å². The lowest BCUT2D eigenvalue weighted by Gasteiger charge is -2.16. The molecule has 0 radical (unpaired) electrons. The second kappa shape index (κ2) is 6.89. The number of carbonyl (C=O) groups is 1. The van der Waals surface area contributed by atoms with Gasteiger partial charge in [0.1, 0.15) is 11.3 Å². The number of ether oxygens (including phenoxy) is 2. The summed E-state index contributed by atoms with van der Waals surface area (Å²) >= 11 is 0. The van der Waals surface area contributed by atoms with E-state index in [2.05, 4.69) is 13.8 Å². The molecule has 0 heterocycles. The van der Waals surface area contributed by atoms with Gasteiger partial charge in [0.05, 0.1) is 13.7 Å². The molecule has 0 saturated heterocycles. The minimum atomic E-state index is -0.408. The van der Waals surface area contributed by atoms with E-state index in [0.717, 1.165) is 12.8 Å². The smallest absolute Gasteiger partial charge is 0.341 e. The van der Waals surface area contributed by atoms with E-state index in [9.17, 15) is 4.79 Å². The Labute approximate surface area is 108 Å². The van der Waals surface area contributed by atoms with Crippen molar-refractivity contribution >= 4 is 11.7 Å². The molecule has 18 heavy (non-hydrogen) atoms. The fourth-order valence-corrected chi connectivity index (χ4v) is 1.67. The summed E-state index contributed by atoms with van der Waals surface area (Å²) in [5.41, 5.74) is 6.69. The highest BCUT2D eigenvalue weighted by atomic mass is 16.5. The van der Waals surface area contributed by atoms with Crippen LogP contribution in [0.2, 0.25) is 0 Å². The maximum absolute atomic E-state index is 11.6. The number of carbonyl (C=O) groups excluding carboxylic acids is 1. The Hall–Kier alpha value is -1.71. The van der Waals surface area contributed by atoms with Crippen LogP contribution in [0.3, 0.4) is 0 Å². The number of methoxy groups -OCH3 is 1. The number of hydrogen-bond donors (Lipinski definition) is 1. The van der Waals surface area contributed by atoms with Gasteiger partial charge in [0.25, 0.3) is 0 Å². The molecule has 1 aromatic carbocycles. The van der Waals surface area contributed by atoms with Gasteiger partial charge in [0.15, 0.2) is 0 Å². The number of nitrogen functional groups attached to an aromatic ring is 1. The zero-order valence-corrected chi connectivity index (χ0v) is 11.2. The lowest BCUT2D eigenvalue weighted by Crippen LogP contribution is -2.13. The van der Waals surface area contributed by atoms with Gasteiger partial charge in [-0.1, -0.05) is 26.7 Å². The number of benzene rings is 1. The van der Waals surface area contributed by atoms with E-state index in [0.29, 0.717) is 29.5 Å². The third kappa shape index (κ3) is 3.65. The molecule has 0 spiro atoms. The van der Waals surface area contributed by atoms with Gasteiger partial charge < -0.3 is 15.2 Å². The molecule has 0 amide bonds. The molecular weight excluding hydrogens is 230 g/mol. The largest absolute Gasteiger partial charge is 0.492 e. The van der Waals surface area contributed by atoms with Crippen molar-refractivity contribution in [1.82, 2.24) is 0 Å². The Kier molecular flexibility index (Phi) is 5.49. The van der Waals surface area contributed by atoms with Gasteiger partial charge in [-0.3, -0.25) is 0 Å². The van der Waals surface area contributed by atoms with Crippen LogP contribution < -0.4 is 10.5 Å². The standard InChI is InChI=1S/C14H21NO3/c1-4-10(5-2)9-18-13-8-11(15)6-7-12(13)14(16)17-3/h6-8,10H,4-5,9,15H2,1-3H3. The van der Waals surface area contributed by atoms with Crippen LogP contribution in [0.4, 0.5) is 5.69 Å². The highest BCUT2D eigenvalue weighted by Gasteiger charge is 2.14. The normalized spacial score (nSPS) is 10.4. The van der Waals surface area contributed by atoms with Crippen molar-refractivity contribution < 1.29 is 14.3 Å². The highest BCUT2D eigenvalue weighted by molar-refractivity contribution is 5.93. The van der Waals surface area contributed by atoms with E-state index in [1.165, 1.54) is 7.11 Å². The molecule has 4 nitrogen and oxygen atoms in total. The van der Waals surface area contributed by atoms with E-state index < -0.39 is 5.97 Å². The van der Waals surface area contributed by atoms with Crippen molar-refractivity contribution in [1.29, 1.82) is 0 Å². The molecule has 100 valence electrons. The lowest BCUT2D eigenvalue weighted by molar-refractivity contribution is 0.0595.